The van der Waals surface area contributed by atoms with E-state index in [0.29, 0.717) is 16.8 Å². The van der Waals surface area contributed by atoms with E-state index in [9.17, 15) is 14.4 Å². The monoisotopic (exact) mass is 421 g/mol. The molecule has 1 aliphatic rings. The number of amides is 2. The first-order valence-corrected chi connectivity index (χ1v) is 10.0. The second-order valence-electron chi connectivity index (χ2n) is 7.59. The number of imidazole rings is 1. The number of nitrogens with zero attached hydrogens (tertiary/aromatic N) is 3. The Morgan fingerprint density at radius 1 is 0.875 bits per heavy atom. The molecule has 3 aromatic carbocycles. The summed E-state index contributed by atoms with van der Waals surface area (Å²) in [6, 6.07) is 20.3. The van der Waals surface area contributed by atoms with E-state index in [-0.39, 0.29) is 18.1 Å². The van der Waals surface area contributed by atoms with Crippen molar-refractivity contribution in [3.63, 3.8) is 0 Å². The largest absolute Gasteiger partial charge is 0.432 e. The van der Waals surface area contributed by atoms with Gasteiger partial charge in [0.05, 0.1) is 17.7 Å². The van der Waals surface area contributed by atoms with Crippen LogP contribution in [0.15, 0.2) is 83.6 Å². The Morgan fingerprint density at radius 2 is 1.56 bits per heavy atom. The molecular formula is C25H15N3O4. The normalized spacial score (nSPS) is 13.3. The number of carbonyl (C=O) groups is 3. The first kappa shape index (κ1) is 18.3. The summed E-state index contributed by atoms with van der Waals surface area (Å²) in [7, 11) is 0. The lowest BCUT2D eigenvalue weighted by Gasteiger charge is -2.13. The molecule has 1 aliphatic heterocycles. The number of rotatable bonds is 4. The molecule has 6 rings (SSSR count). The van der Waals surface area contributed by atoms with Crippen molar-refractivity contribution >= 4 is 34.2 Å². The van der Waals surface area contributed by atoms with Gasteiger partial charge in [-0.3, -0.25) is 23.7 Å². The summed E-state index contributed by atoms with van der Waals surface area (Å²) in [4.78, 5) is 44.4. The van der Waals surface area contributed by atoms with E-state index in [1.54, 1.807) is 34.9 Å². The summed E-state index contributed by atoms with van der Waals surface area (Å²) in [6.07, 6.45) is 3.04. The quantitative estimate of drug-likeness (QED) is 0.320. The van der Waals surface area contributed by atoms with Crippen molar-refractivity contribution in [3.8, 4) is 11.3 Å². The number of fused-ring (bicyclic) bond motifs is 3. The molecule has 0 N–H and O–H groups in total. The van der Waals surface area contributed by atoms with Crippen molar-refractivity contribution in [2.75, 3.05) is 6.54 Å². The van der Waals surface area contributed by atoms with Crippen LogP contribution < -0.4 is 0 Å². The van der Waals surface area contributed by atoms with Crippen LogP contribution in [0, 0.1) is 0 Å². The molecule has 0 bridgehead atoms. The highest BCUT2D eigenvalue weighted by atomic mass is 16.3. The first-order valence-electron chi connectivity index (χ1n) is 10.0. The lowest BCUT2D eigenvalue weighted by Crippen LogP contribution is -2.35. The molecule has 2 amide bonds. The van der Waals surface area contributed by atoms with Crippen LogP contribution in [-0.4, -0.2) is 38.4 Å². The van der Waals surface area contributed by atoms with E-state index < -0.39 is 17.6 Å². The zero-order chi connectivity index (χ0) is 21.8. The van der Waals surface area contributed by atoms with Gasteiger partial charge in [0.1, 0.15) is 17.7 Å². The van der Waals surface area contributed by atoms with Gasteiger partial charge in [-0.25, -0.2) is 0 Å². The Morgan fingerprint density at radius 3 is 2.31 bits per heavy atom. The Balaban J connectivity index is 1.42. The van der Waals surface area contributed by atoms with E-state index in [1.807, 2.05) is 42.5 Å². The van der Waals surface area contributed by atoms with Gasteiger partial charge in [-0.2, -0.15) is 4.98 Å². The van der Waals surface area contributed by atoms with Crippen LogP contribution in [-0.2, 0) is 0 Å². The predicted molar refractivity (Wildman–Crippen MR) is 117 cm³/mol. The third-order valence-electron chi connectivity index (χ3n) is 5.73. The molecule has 0 radical (unpaired) electrons. The summed E-state index contributed by atoms with van der Waals surface area (Å²) in [6.45, 7) is -0.383. The molecule has 0 fully saturated rings. The number of imide groups is 1. The maximum Gasteiger partial charge on any atom is 0.306 e. The zero-order valence-corrected chi connectivity index (χ0v) is 16.7. The number of benzene rings is 3. The van der Waals surface area contributed by atoms with Gasteiger partial charge in [-0.1, -0.05) is 48.5 Å². The summed E-state index contributed by atoms with van der Waals surface area (Å²) in [5.74, 6) is -1.09. The second kappa shape index (κ2) is 6.75. The molecule has 7 nitrogen and oxygen atoms in total. The fraction of sp³-hybridized carbons (Fsp3) is 0.0400. The highest BCUT2D eigenvalue weighted by Crippen LogP contribution is 2.29. The Kier molecular flexibility index (Phi) is 3.85. The van der Waals surface area contributed by atoms with Crippen LogP contribution in [0.5, 0.6) is 0 Å². The molecule has 154 valence electrons. The number of ketones is 1. The van der Waals surface area contributed by atoms with Crippen LogP contribution in [0.4, 0.5) is 0 Å². The maximum atomic E-state index is 13.4. The zero-order valence-electron chi connectivity index (χ0n) is 16.7. The van der Waals surface area contributed by atoms with Crippen LogP contribution in [0.1, 0.15) is 31.2 Å². The summed E-state index contributed by atoms with van der Waals surface area (Å²) >= 11 is 0. The molecule has 7 heteroatoms. The van der Waals surface area contributed by atoms with Crippen molar-refractivity contribution in [1.82, 2.24) is 14.3 Å². The molecule has 0 aliphatic carbocycles. The number of Topliss-reactive ketones (excluding diaryl/α,β-unsaturated/α-hetero) is 1. The smallest absolute Gasteiger partial charge is 0.306 e. The van der Waals surface area contributed by atoms with Gasteiger partial charge in [0.15, 0.2) is 0 Å². The SMILES string of the molecule is O=C(CN1C(=O)c2ccccc2C1=O)c1c(-c2ccc3ccccc3c2)nc2occn12. The van der Waals surface area contributed by atoms with Crippen molar-refractivity contribution in [2.45, 2.75) is 0 Å². The fourth-order valence-electron chi connectivity index (χ4n) is 4.19. The van der Waals surface area contributed by atoms with Crippen molar-refractivity contribution in [2.24, 2.45) is 0 Å². The van der Waals surface area contributed by atoms with E-state index in [4.69, 9.17) is 4.42 Å². The molecule has 0 atom stereocenters. The van der Waals surface area contributed by atoms with Crippen LogP contribution in [0.25, 0.3) is 27.9 Å². The van der Waals surface area contributed by atoms with Gasteiger partial charge in [-0.15, -0.1) is 0 Å². The molecular weight excluding hydrogens is 406 g/mol. The molecule has 0 saturated carbocycles. The van der Waals surface area contributed by atoms with Gasteiger partial charge < -0.3 is 4.42 Å². The van der Waals surface area contributed by atoms with E-state index in [0.717, 1.165) is 21.2 Å². The van der Waals surface area contributed by atoms with Crippen molar-refractivity contribution in [3.05, 3.63) is 96.0 Å². The number of hydrogen-bond acceptors (Lipinski definition) is 5. The minimum Gasteiger partial charge on any atom is -0.432 e. The third kappa shape index (κ3) is 2.61. The van der Waals surface area contributed by atoms with E-state index in [2.05, 4.69) is 4.98 Å². The molecule has 0 unspecified atom stereocenters. The first-order chi connectivity index (χ1) is 15.6. The molecule has 5 aromatic rings. The molecule has 32 heavy (non-hydrogen) atoms. The van der Waals surface area contributed by atoms with Crippen molar-refractivity contribution in [1.29, 1.82) is 0 Å². The average Bonchev–Trinajstić information content (AvgIpc) is 3.48. The molecule has 0 saturated heterocycles. The van der Waals surface area contributed by atoms with Gasteiger partial charge in [0.25, 0.3) is 11.8 Å². The molecule has 3 heterocycles. The van der Waals surface area contributed by atoms with Crippen LogP contribution in [0.3, 0.4) is 0 Å². The van der Waals surface area contributed by atoms with Crippen molar-refractivity contribution < 1.29 is 18.8 Å². The van der Waals surface area contributed by atoms with Crippen LogP contribution >= 0.6 is 0 Å². The Labute approximate surface area is 181 Å². The lowest BCUT2D eigenvalue weighted by atomic mass is 10.0. The van der Waals surface area contributed by atoms with E-state index in [1.165, 1.54) is 6.26 Å². The molecule has 0 spiro atoms. The Bertz CT molecular complexity index is 1540. The minimum absolute atomic E-state index is 0.263. The Hall–Kier alpha value is -4.52. The van der Waals surface area contributed by atoms with Gasteiger partial charge in [0.2, 0.25) is 5.78 Å². The van der Waals surface area contributed by atoms with Crippen LogP contribution in [0.2, 0.25) is 0 Å². The summed E-state index contributed by atoms with van der Waals surface area (Å²) in [5, 5.41) is 2.08. The number of aromatic nitrogens is 2. The van der Waals surface area contributed by atoms with E-state index >= 15 is 0 Å². The van der Waals surface area contributed by atoms with Gasteiger partial charge in [-0.05, 0) is 29.0 Å². The number of carbonyl (C=O) groups excluding carboxylic acids is 3. The topological polar surface area (TPSA) is 84.9 Å². The average molecular weight is 421 g/mol. The standard InChI is InChI=1S/C25H15N3O4/c29-20(14-28-23(30)18-7-3-4-8-19(18)24(28)31)22-21(26-25-27(22)11-12-32-25)17-10-9-15-5-1-2-6-16(15)13-17/h1-13H,14H2. The lowest BCUT2D eigenvalue weighted by molar-refractivity contribution is 0.0623. The maximum absolute atomic E-state index is 13.4. The summed E-state index contributed by atoms with van der Waals surface area (Å²) < 4.78 is 6.96. The minimum atomic E-state index is -0.473. The third-order valence-corrected chi connectivity index (χ3v) is 5.73. The highest BCUT2D eigenvalue weighted by molar-refractivity contribution is 6.23. The fourth-order valence-corrected chi connectivity index (χ4v) is 4.19. The van der Waals surface area contributed by atoms with Gasteiger partial charge >= 0.3 is 5.84 Å². The number of hydrogen-bond donors (Lipinski definition) is 0. The predicted octanol–water partition coefficient (Wildman–Crippen LogP) is 4.23. The van der Waals surface area contributed by atoms with Gasteiger partial charge in [0, 0.05) is 11.8 Å². The summed E-state index contributed by atoms with van der Waals surface area (Å²) in [5.41, 5.74) is 2.06. The highest BCUT2D eigenvalue weighted by Gasteiger charge is 2.37. The number of oxazole rings is 1. The second-order valence-corrected chi connectivity index (χ2v) is 7.59. The molecule has 2 aromatic heterocycles.